The summed E-state index contributed by atoms with van der Waals surface area (Å²) in [7, 11) is 0. The SMILES string of the molecule is C[C@H]1c2ccccc2C=CN1[C@@H](CO)c1ccccc1. The molecule has 0 fully saturated rings. The highest BCUT2D eigenvalue weighted by Crippen LogP contribution is 2.35. The third-order valence-electron chi connectivity index (χ3n) is 4.04. The molecule has 0 spiro atoms. The molecule has 2 atom stereocenters. The molecule has 3 rings (SSSR count). The molecule has 0 aromatic heterocycles. The topological polar surface area (TPSA) is 23.5 Å². The van der Waals surface area contributed by atoms with Crippen LogP contribution in [0.25, 0.3) is 6.08 Å². The Balaban J connectivity index is 1.95. The van der Waals surface area contributed by atoms with Gasteiger partial charge in [0.2, 0.25) is 0 Å². The Morgan fingerprint density at radius 3 is 2.50 bits per heavy atom. The molecule has 2 heteroatoms. The molecule has 0 radical (unpaired) electrons. The molecule has 0 amide bonds. The van der Waals surface area contributed by atoms with E-state index in [-0.39, 0.29) is 18.7 Å². The molecule has 1 heterocycles. The lowest BCUT2D eigenvalue weighted by atomic mass is 9.94. The standard InChI is InChI=1S/C18H19NO/c1-14-17-10-6-5-7-15(17)11-12-19(14)18(13-20)16-8-3-2-4-9-16/h2-12,14,18,20H,13H2,1H3/t14-,18-/m0/s1. The minimum atomic E-state index is -0.00388. The normalized spacial score (nSPS) is 18.7. The van der Waals surface area contributed by atoms with E-state index >= 15 is 0 Å². The average molecular weight is 265 g/mol. The van der Waals surface area contributed by atoms with Gasteiger partial charge in [-0.25, -0.2) is 0 Å². The van der Waals surface area contributed by atoms with Crippen LogP contribution in [-0.2, 0) is 0 Å². The first-order chi connectivity index (χ1) is 9.81. The first-order valence-corrected chi connectivity index (χ1v) is 7.01. The Hall–Kier alpha value is -2.06. The van der Waals surface area contributed by atoms with Gasteiger partial charge in [-0.2, -0.15) is 0 Å². The molecule has 2 aromatic carbocycles. The van der Waals surface area contributed by atoms with Crippen LogP contribution in [-0.4, -0.2) is 16.6 Å². The van der Waals surface area contributed by atoms with Gasteiger partial charge in [0.15, 0.2) is 0 Å². The summed E-state index contributed by atoms with van der Waals surface area (Å²) in [4.78, 5) is 2.23. The quantitative estimate of drug-likeness (QED) is 0.913. The van der Waals surface area contributed by atoms with Gasteiger partial charge in [0.05, 0.1) is 18.7 Å². The summed E-state index contributed by atoms with van der Waals surface area (Å²) in [5.74, 6) is 0. The van der Waals surface area contributed by atoms with E-state index in [1.165, 1.54) is 11.1 Å². The summed E-state index contributed by atoms with van der Waals surface area (Å²) < 4.78 is 0. The molecule has 20 heavy (non-hydrogen) atoms. The number of rotatable bonds is 3. The molecule has 0 aliphatic carbocycles. The van der Waals surface area contributed by atoms with Crippen LogP contribution in [0.3, 0.4) is 0 Å². The van der Waals surface area contributed by atoms with Crippen molar-refractivity contribution in [1.29, 1.82) is 0 Å². The van der Waals surface area contributed by atoms with Crippen LogP contribution in [0.2, 0.25) is 0 Å². The van der Waals surface area contributed by atoms with Crippen molar-refractivity contribution in [2.75, 3.05) is 6.61 Å². The molecular weight excluding hydrogens is 246 g/mol. The Bertz CT molecular complexity index is 606. The van der Waals surface area contributed by atoms with Crippen molar-refractivity contribution < 1.29 is 5.11 Å². The van der Waals surface area contributed by atoms with E-state index in [2.05, 4.69) is 60.5 Å². The van der Waals surface area contributed by atoms with E-state index in [0.717, 1.165) is 5.56 Å². The zero-order valence-corrected chi connectivity index (χ0v) is 11.6. The second-order valence-electron chi connectivity index (χ2n) is 5.18. The number of hydrogen-bond donors (Lipinski definition) is 1. The van der Waals surface area contributed by atoms with Crippen molar-refractivity contribution in [3.05, 3.63) is 77.5 Å². The first kappa shape index (κ1) is 12.9. The highest BCUT2D eigenvalue weighted by molar-refractivity contribution is 5.57. The van der Waals surface area contributed by atoms with Gasteiger partial charge in [-0.05, 0) is 29.7 Å². The van der Waals surface area contributed by atoms with E-state index in [9.17, 15) is 5.11 Å². The van der Waals surface area contributed by atoms with Crippen molar-refractivity contribution in [3.8, 4) is 0 Å². The maximum atomic E-state index is 9.82. The van der Waals surface area contributed by atoms with E-state index in [1.54, 1.807) is 0 Å². The van der Waals surface area contributed by atoms with Gasteiger partial charge in [0, 0.05) is 6.20 Å². The Morgan fingerprint density at radius 2 is 1.75 bits per heavy atom. The molecule has 1 N–H and O–H groups in total. The molecular formula is C18H19NO. The Labute approximate surface area is 120 Å². The van der Waals surface area contributed by atoms with Crippen LogP contribution in [0.15, 0.2) is 60.8 Å². The van der Waals surface area contributed by atoms with Gasteiger partial charge in [-0.3, -0.25) is 0 Å². The molecule has 1 aliphatic heterocycles. The third-order valence-corrected chi connectivity index (χ3v) is 4.04. The van der Waals surface area contributed by atoms with Crippen LogP contribution in [0.1, 0.15) is 35.7 Å². The summed E-state index contributed by atoms with van der Waals surface area (Å²) in [6.45, 7) is 2.30. The summed E-state index contributed by atoms with van der Waals surface area (Å²) in [6, 6.07) is 18.9. The van der Waals surface area contributed by atoms with Crippen molar-refractivity contribution >= 4 is 6.08 Å². The highest BCUT2D eigenvalue weighted by Gasteiger charge is 2.26. The van der Waals surface area contributed by atoms with Gasteiger partial charge < -0.3 is 10.0 Å². The van der Waals surface area contributed by atoms with Gasteiger partial charge in [-0.15, -0.1) is 0 Å². The minimum Gasteiger partial charge on any atom is -0.394 e. The van der Waals surface area contributed by atoms with Crippen molar-refractivity contribution in [2.24, 2.45) is 0 Å². The van der Waals surface area contributed by atoms with Crippen LogP contribution in [0, 0.1) is 0 Å². The molecule has 102 valence electrons. The van der Waals surface area contributed by atoms with Crippen LogP contribution < -0.4 is 0 Å². The Morgan fingerprint density at radius 1 is 1.05 bits per heavy atom. The van der Waals surface area contributed by atoms with E-state index in [4.69, 9.17) is 0 Å². The molecule has 0 saturated heterocycles. The molecule has 0 bridgehead atoms. The highest BCUT2D eigenvalue weighted by atomic mass is 16.3. The van der Waals surface area contributed by atoms with Gasteiger partial charge in [-0.1, -0.05) is 54.6 Å². The maximum Gasteiger partial charge on any atom is 0.0774 e. The monoisotopic (exact) mass is 265 g/mol. The lowest BCUT2D eigenvalue weighted by molar-refractivity contribution is 0.134. The van der Waals surface area contributed by atoms with Gasteiger partial charge in [0.1, 0.15) is 0 Å². The molecule has 2 aromatic rings. The van der Waals surface area contributed by atoms with Gasteiger partial charge >= 0.3 is 0 Å². The van der Waals surface area contributed by atoms with Crippen molar-refractivity contribution in [1.82, 2.24) is 4.90 Å². The second kappa shape index (κ2) is 5.51. The van der Waals surface area contributed by atoms with E-state index in [1.807, 2.05) is 18.2 Å². The van der Waals surface area contributed by atoms with Crippen LogP contribution in [0.4, 0.5) is 0 Å². The fourth-order valence-electron chi connectivity index (χ4n) is 2.92. The molecule has 0 unspecified atom stereocenters. The fraction of sp³-hybridized carbons (Fsp3) is 0.222. The largest absolute Gasteiger partial charge is 0.394 e. The number of aliphatic hydroxyl groups excluding tert-OH is 1. The number of hydrogen-bond acceptors (Lipinski definition) is 2. The smallest absolute Gasteiger partial charge is 0.0774 e. The first-order valence-electron chi connectivity index (χ1n) is 7.01. The lowest BCUT2D eigenvalue weighted by Crippen LogP contribution is -2.31. The maximum absolute atomic E-state index is 9.82. The zero-order chi connectivity index (χ0) is 13.9. The lowest BCUT2D eigenvalue weighted by Gasteiger charge is -2.38. The van der Waals surface area contributed by atoms with Crippen LogP contribution >= 0.6 is 0 Å². The van der Waals surface area contributed by atoms with Crippen LogP contribution in [0.5, 0.6) is 0 Å². The fourth-order valence-corrected chi connectivity index (χ4v) is 2.92. The molecule has 0 saturated carbocycles. The zero-order valence-electron chi connectivity index (χ0n) is 11.6. The number of fused-ring (bicyclic) bond motifs is 1. The van der Waals surface area contributed by atoms with E-state index in [0.29, 0.717) is 0 Å². The molecule has 1 aliphatic rings. The summed E-state index contributed by atoms with van der Waals surface area (Å²) in [5, 5.41) is 9.82. The predicted octanol–water partition coefficient (Wildman–Crippen LogP) is 3.77. The van der Waals surface area contributed by atoms with Gasteiger partial charge in [0.25, 0.3) is 0 Å². The Kier molecular flexibility index (Phi) is 3.57. The third kappa shape index (κ3) is 2.23. The summed E-state index contributed by atoms with van der Waals surface area (Å²) in [6.07, 6.45) is 4.22. The number of nitrogens with zero attached hydrogens (tertiary/aromatic N) is 1. The van der Waals surface area contributed by atoms with Crippen molar-refractivity contribution in [2.45, 2.75) is 19.0 Å². The summed E-state index contributed by atoms with van der Waals surface area (Å²) >= 11 is 0. The minimum absolute atomic E-state index is 0.00388. The average Bonchev–Trinajstić information content (AvgIpc) is 2.51. The number of aliphatic hydroxyl groups is 1. The molecule has 2 nitrogen and oxygen atoms in total. The summed E-state index contributed by atoms with van der Waals surface area (Å²) in [5.41, 5.74) is 3.72. The second-order valence-corrected chi connectivity index (χ2v) is 5.18. The number of benzene rings is 2. The van der Waals surface area contributed by atoms with E-state index < -0.39 is 0 Å². The van der Waals surface area contributed by atoms with Crippen molar-refractivity contribution in [3.63, 3.8) is 0 Å². The predicted molar refractivity (Wildman–Crippen MR) is 82.0 cm³/mol.